The summed E-state index contributed by atoms with van der Waals surface area (Å²) < 4.78 is 2.16. The summed E-state index contributed by atoms with van der Waals surface area (Å²) in [6, 6.07) is 0.621. The van der Waals surface area contributed by atoms with Crippen molar-refractivity contribution in [1.82, 2.24) is 4.31 Å². The molecule has 0 N–H and O–H groups in total. The Morgan fingerprint density at radius 3 is 1.32 bits per heavy atom. The quantitative estimate of drug-likeness (QED) is 0.311. The van der Waals surface area contributed by atoms with E-state index in [2.05, 4.69) is 32.0 Å². The Kier molecular flexibility index (Phi) is 6.93. The van der Waals surface area contributed by atoms with Crippen LogP contribution in [0.1, 0.15) is 27.7 Å². The summed E-state index contributed by atoms with van der Waals surface area (Å²) in [5.41, 5.74) is 0. The van der Waals surface area contributed by atoms with Gasteiger partial charge in [0.1, 0.15) is 0 Å². The Bertz CT molecular complexity index is 439. The Balaban J connectivity index is 3.28. The smallest absolute Gasteiger partial charge is 0.0809 e. The van der Waals surface area contributed by atoms with E-state index in [0.29, 0.717) is 27.0 Å². The van der Waals surface area contributed by atoms with Gasteiger partial charge in [0.05, 0.1) is 30.0 Å². The maximum Gasteiger partial charge on any atom is 0.0809 e. The minimum absolute atomic E-state index is 0.184. The van der Waals surface area contributed by atoms with E-state index in [4.69, 9.17) is 58.0 Å². The third-order valence-corrected chi connectivity index (χ3v) is 6.53. The summed E-state index contributed by atoms with van der Waals surface area (Å²) >= 11 is 32.0. The minimum Gasteiger partial charge on any atom is -0.241 e. The summed E-state index contributed by atoms with van der Waals surface area (Å²) in [6.45, 7) is 8.36. The summed E-state index contributed by atoms with van der Waals surface area (Å²) in [7, 11) is 0. The second kappa shape index (κ2) is 7.31. The van der Waals surface area contributed by atoms with Gasteiger partial charge in [-0.05, 0) is 39.6 Å². The van der Waals surface area contributed by atoms with Crippen LogP contribution in [0.2, 0.25) is 25.1 Å². The average molecular weight is 382 g/mol. The van der Waals surface area contributed by atoms with E-state index in [1.807, 2.05) is 0 Å². The van der Waals surface area contributed by atoms with Crippen molar-refractivity contribution < 1.29 is 0 Å². The molecule has 0 amide bonds. The van der Waals surface area contributed by atoms with Crippen molar-refractivity contribution in [2.24, 2.45) is 0 Å². The number of nitrogens with zero attached hydrogens (tertiary/aromatic N) is 1. The molecule has 0 atom stereocenters. The second-order valence-corrected chi connectivity index (χ2v) is 7.44. The first-order valence-corrected chi connectivity index (χ1v) is 8.32. The highest BCUT2D eigenvalue weighted by molar-refractivity contribution is 7.97. The molecule has 1 rings (SSSR count). The monoisotopic (exact) mass is 379 g/mol. The van der Waals surface area contributed by atoms with Gasteiger partial charge in [-0.2, -0.15) is 0 Å². The largest absolute Gasteiger partial charge is 0.241 e. The lowest BCUT2D eigenvalue weighted by Gasteiger charge is -2.30. The van der Waals surface area contributed by atoms with E-state index in [1.165, 1.54) is 11.9 Å². The molecule has 1 nitrogen and oxygen atoms in total. The molecule has 0 saturated heterocycles. The van der Waals surface area contributed by atoms with Crippen LogP contribution in [0.4, 0.5) is 0 Å². The van der Waals surface area contributed by atoms with E-state index in [9.17, 15) is 0 Å². The summed E-state index contributed by atoms with van der Waals surface area (Å²) in [5.74, 6) is 0. The number of hydrogen-bond acceptors (Lipinski definition) is 2. The van der Waals surface area contributed by atoms with Gasteiger partial charge in [-0.15, -0.1) is 0 Å². The van der Waals surface area contributed by atoms with E-state index in [-0.39, 0.29) is 15.1 Å². The molecule has 0 aliphatic heterocycles. The highest BCUT2D eigenvalue weighted by Gasteiger charge is 2.24. The van der Waals surface area contributed by atoms with Crippen LogP contribution in [0.15, 0.2) is 4.90 Å². The van der Waals surface area contributed by atoms with Crippen molar-refractivity contribution in [3.8, 4) is 0 Å². The van der Waals surface area contributed by atoms with E-state index in [1.54, 1.807) is 0 Å². The SMILES string of the molecule is CC(C)N(Sc1c(Cl)c(Cl)c(Cl)c(Cl)c1Cl)C(C)C. The van der Waals surface area contributed by atoms with Crippen LogP contribution in [-0.4, -0.2) is 16.4 Å². The lowest BCUT2D eigenvalue weighted by molar-refractivity contribution is 0.335. The van der Waals surface area contributed by atoms with Gasteiger partial charge >= 0.3 is 0 Å². The average Bonchev–Trinajstić information content (AvgIpc) is 2.33. The van der Waals surface area contributed by atoms with Crippen LogP contribution in [-0.2, 0) is 0 Å². The highest BCUT2D eigenvalue weighted by atomic mass is 35.5. The standard InChI is InChI=1S/C12H14Cl5NS/c1-5(2)18(6(3)4)19-12-10(16)8(14)7(13)9(15)11(12)17/h5-6H,1-4H3. The molecule has 0 aromatic heterocycles. The summed E-state index contributed by atoms with van der Waals surface area (Å²) in [6.07, 6.45) is 0. The first-order chi connectivity index (χ1) is 8.68. The van der Waals surface area contributed by atoms with E-state index in [0.717, 1.165) is 0 Å². The van der Waals surface area contributed by atoms with Gasteiger partial charge in [0, 0.05) is 12.1 Å². The molecule has 1 aromatic carbocycles. The molecule has 19 heavy (non-hydrogen) atoms. The van der Waals surface area contributed by atoms with Crippen LogP contribution >= 0.6 is 70.0 Å². The summed E-state index contributed by atoms with van der Waals surface area (Å²) in [5, 5.41) is 1.30. The topological polar surface area (TPSA) is 3.24 Å². The zero-order chi connectivity index (χ0) is 14.9. The first kappa shape index (κ1) is 18.0. The zero-order valence-corrected chi connectivity index (χ0v) is 15.5. The van der Waals surface area contributed by atoms with Gasteiger partial charge in [-0.25, -0.2) is 4.31 Å². The zero-order valence-electron chi connectivity index (χ0n) is 10.9. The van der Waals surface area contributed by atoms with Gasteiger partial charge in [0.25, 0.3) is 0 Å². The van der Waals surface area contributed by atoms with Crippen LogP contribution in [0.25, 0.3) is 0 Å². The van der Waals surface area contributed by atoms with Gasteiger partial charge in [-0.1, -0.05) is 58.0 Å². The molecular formula is C12H14Cl5NS. The molecule has 7 heteroatoms. The fourth-order valence-electron chi connectivity index (χ4n) is 1.58. The van der Waals surface area contributed by atoms with Crippen LogP contribution < -0.4 is 0 Å². The maximum absolute atomic E-state index is 6.22. The van der Waals surface area contributed by atoms with Crippen molar-refractivity contribution in [2.75, 3.05) is 0 Å². The summed E-state index contributed by atoms with van der Waals surface area (Å²) in [4.78, 5) is 0.630. The molecular weight excluding hydrogens is 367 g/mol. The van der Waals surface area contributed by atoms with E-state index >= 15 is 0 Å². The number of benzene rings is 1. The number of halogens is 5. The van der Waals surface area contributed by atoms with Crippen molar-refractivity contribution in [2.45, 2.75) is 44.7 Å². The molecule has 0 bridgehead atoms. The number of rotatable bonds is 4. The molecule has 1 aromatic rings. The third kappa shape index (κ3) is 4.00. The van der Waals surface area contributed by atoms with Gasteiger partial charge in [-0.3, -0.25) is 0 Å². The predicted octanol–water partition coefficient (Wildman–Crippen LogP) is 7.08. The van der Waals surface area contributed by atoms with Crippen molar-refractivity contribution >= 4 is 70.0 Å². The maximum atomic E-state index is 6.22. The van der Waals surface area contributed by atoms with E-state index < -0.39 is 0 Å². The number of hydrogen-bond donors (Lipinski definition) is 0. The fraction of sp³-hybridized carbons (Fsp3) is 0.500. The minimum atomic E-state index is 0.184. The van der Waals surface area contributed by atoms with Crippen molar-refractivity contribution in [3.63, 3.8) is 0 Å². The molecule has 0 fully saturated rings. The molecule has 0 aliphatic rings. The predicted molar refractivity (Wildman–Crippen MR) is 89.5 cm³/mol. The molecule has 0 unspecified atom stereocenters. The van der Waals surface area contributed by atoms with Crippen LogP contribution in [0, 0.1) is 0 Å². The molecule has 0 heterocycles. The Morgan fingerprint density at radius 2 is 1.00 bits per heavy atom. The van der Waals surface area contributed by atoms with Crippen LogP contribution in [0.5, 0.6) is 0 Å². The van der Waals surface area contributed by atoms with Crippen molar-refractivity contribution in [3.05, 3.63) is 25.1 Å². The molecule has 0 spiro atoms. The molecule has 0 aliphatic carbocycles. The lowest BCUT2D eigenvalue weighted by atomic mass is 10.3. The Morgan fingerprint density at radius 1 is 0.684 bits per heavy atom. The third-order valence-electron chi connectivity index (χ3n) is 2.38. The molecule has 0 saturated carbocycles. The Labute approximate surface area is 143 Å². The molecule has 0 radical (unpaired) electrons. The lowest BCUT2D eigenvalue weighted by Crippen LogP contribution is -2.30. The Hall–Kier alpha value is 0.980. The highest BCUT2D eigenvalue weighted by Crippen LogP contribution is 2.49. The fourth-order valence-corrected chi connectivity index (χ4v) is 4.03. The molecule has 108 valence electrons. The van der Waals surface area contributed by atoms with Crippen LogP contribution in [0.3, 0.4) is 0 Å². The van der Waals surface area contributed by atoms with Gasteiger partial charge < -0.3 is 0 Å². The normalized spacial score (nSPS) is 12.0. The first-order valence-electron chi connectivity index (χ1n) is 5.66. The van der Waals surface area contributed by atoms with Gasteiger partial charge in [0.15, 0.2) is 0 Å². The van der Waals surface area contributed by atoms with Gasteiger partial charge in [0.2, 0.25) is 0 Å². The van der Waals surface area contributed by atoms with Crippen molar-refractivity contribution in [1.29, 1.82) is 0 Å². The second-order valence-electron chi connectivity index (χ2n) is 4.54.